The van der Waals surface area contributed by atoms with Crippen molar-refractivity contribution < 1.29 is 0 Å². The van der Waals surface area contributed by atoms with Gasteiger partial charge in [-0.1, -0.05) is 74.0 Å². The van der Waals surface area contributed by atoms with E-state index in [0.29, 0.717) is 5.02 Å². The lowest BCUT2D eigenvalue weighted by Crippen LogP contribution is -2.44. The van der Waals surface area contributed by atoms with Crippen molar-refractivity contribution in [3.8, 4) is 0 Å². The Morgan fingerprint density at radius 2 is 1.50 bits per heavy atom. The van der Waals surface area contributed by atoms with Crippen LogP contribution in [0, 0.1) is 0 Å². The smallest absolute Gasteiger partial charge is 0.180 e. The molecule has 8 heteroatoms. The SMILES string of the molecule is CN1CCN(P2(=Nc3ccccc3Cl)/C(=C3\N(C)c4ccccc4C3(C)C)C=NN2c2ccccc2)CC1. The number of hydrogen-bond acceptors (Lipinski definition) is 4. The normalized spacial score (nSPS) is 25.2. The van der Waals surface area contributed by atoms with Crippen molar-refractivity contribution in [1.82, 2.24) is 9.57 Å². The van der Waals surface area contributed by atoms with Gasteiger partial charge in [-0.3, -0.25) is 0 Å². The first-order chi connectivity index (χ1) is 18.3. The standard InChI is InChI=1S/C30H34ClN6P/c1-30(2)24-14-8-11-17-27(24)35(4)29(30)28-22-32-37(23-12-6-5-7-13-23)38(28,36-20-18-34(3)19-21-36)33-26-16-10-9-15-25(26)31/h5-17,22H,18-21H2,1-4H3/b29-28-. The molecule has 1 saturated heterocycles. The monoisotopic (exact) mass is 544 g/mol. The fourth-order valence-corrected chi connectivity index (χ4v) is 10.1. The van der Waals surface area contributed by atoms with Crippen LogP contribution in [0.15, 0.2) is 99.7 Å². The summed E-state index contributed by atoms with van der Waals surface area (Å²) in [6.07, 6.45) is 2.08. The van der Waals surface area contributed by atoms with Crippen LogP contribution in [0.1, 0.15) is 19.4 Å². The molecule has 0 bridgehead atoms. The molecule has 3 aromatic carbocycles. The maximum absolute atomic E-state index is 6.80. The minimum atomic E-state index is -2.64. The third-order valence-corrected chi connectivity index (χ3v) is 11.8. The second-order valence-electron chi connectivity index (χ2n) is 10.7. The molecule has 0 amide bonds. The number of hydrazone groups is 1. The van der Waals surface area contributed by atoms with Crippen molar-refractivity contribution in [2.24, 2.45) is 9.85 Å². The number of piperazine rings is 1. The summed E-state index contributed by atoms with van der Waals surface area (Å²) in [7, 11) is 1.74. The fourth-order valence-electron chi connectivity index (χ4n) is 6.00. The van der Waals surface area contributed by atoms with Gasteiger partial charge in [0, 0.05) is 50.0 Å². The van der Waals surface area contributed by atoms with Gasteiger partial charge in [-0.2, -0.15) is 5.10 Å². The maximum atomic E-state index is 6.80. The number of allylic oxidation sites excluding steroid dienone is 2. The highest BCUT2D eigenvalue weighted by molar-refractivity contribution is 7.71. The quantitative estimate of drug-likeness (QED) is 0.322. The number of nitrogens with zero attached hydrogens (tertiary/aromatic N) is 6. The first-order valence-electron chi connectivity index (χ1n) is 13.1. The highest BCUT2D eigenvalue weighted by atomic mass is 35.5. The van der Waals surface area contributed by atoms with E-state index in [2.05, 4.69) is 102 Å². The lowest BCUT2D eigenvalue weighted by molar-refractivity contribution is 0.227. The Hall–Kier alpha value is -2.89. The second kappa shape index (κ2) is 9.69. The van der Waals surface area contributed by atoms with Crippen molar-refractivity contribution >= 4 is 42.2 Å². The molecule has 3 heterocycles. The molecule has 1 unspecified atom stereocenters. The van der Waals surface area contributed by atoms with Crippen LogP contribution in [0.3, 0.4) is 0 Å². The molecule has 0 saturated carbocycles. The molecule has 0 aliphatic carbocycles. The minimum Gasteiger partial charge on any atom is -0.346 e. The van der Waals surface area contributed by atoms with E-state index in [-0.39, 0.29) is 5.41 Å². The molecule has 1 atom stereocenters. The van der Waals surface area contributed by atoms with Crippen LogP contribution in [0.4, 0.5) is 17.1 Å². The summed E-state index contributed by atoms with van der Waals surface area (Å²) >= 11 is 6.80. The molecule has 1 fully saturated rings. The van der Waals surface area contributed by atoms with Crippen molar-refractivity contribution in [3.63, 3.8) is 0 Å². The second-order valence-corrected chi connectivity index (χ2v) is 13.9. The molecule has 3 aliphatic heterocycles. The molecule has 0 aromatic heterocycles. The number of halogens is 1. The van der Waals surface area contributed by atoms with E-state index in [0.717, 1.165) is 37.6 Å². The molecular weight excluding hydrogens is 511 g/mol. The molecule has 0 N–H and O–H groups in total. The Morgan fingerprint density at radius 1 is 0.842 bits per heavy atom. The molecule has 38 heavy (non-hydrogen) atoms. The van der Waals surface area contributed by atoms with Gasteiger partial charge in [0.15, 0.2) is 7.36 Å². The van der Waals surface area contributed by atoms with Gasteiger partial charge in [-0.05, 0) is 42.9 Å². The number of rotatable bonds is 3. The first-order valence-corrected chi connectivity index (χ1v) is 15.2. The number of para-hydroxylation sites is 2. The van der Waals surface area contributed by atoms with Crippen molar-refractivity contribution in [2.75, 3.05) is 50.0 Å². The predicted molar refractivity (Wildman–Crippen MR) is 162 cm³/mol. The molecule has 3 aliphatic rings. The molecule has 0 radical (unpaired) electrons. The average molecular weight is 545 g/mol. The van der Waals surface area contributed by atoms with Gasteiger partial charge in [0.1, 0.15) is 0 Å². The molecule has 0 spiro atoms. The van der Waals surface area contributed by atoms with E-state index in [1.165, 1.54) is 22.3 Å². The number of likely N-dealkylation sites (N-methyl/N-ethyl adjacent to an activating group) is 2. The summed E-state index contributed by atoms with van der Waals surface area (Å²) in [6, 6.07) is 27.1. The Labute approximate surface area is 231 Å². The maximum Gasteiger partial charge on any atom is 0.180 e. The van der Waals surface area contributed by atoms with Crippen LogP contribution in [-0.4, -0.2) is 56.1 Å². The Bertz CT molecular complexity index is 1470. The zero-order chi connectivity index (χ0) is 26.5. The molecular formula is C30H34ClN6P. The number of benzene rings is 3. The fraction of sp³-hybridized carbons (Fsp3) is 0.300. The van der Waals surface area contributed by atoms with Crippen molar-refractivity contribution in [2.45, 2.75) is 19.3 Å². The number of fused-ring (bicyclic) bond motifs is 1. The van der Waals surface area contributed by atoms with Gasteiger partial charge in [0.05, 0.1) is 27.9 Å². The molecule has 3 aromatic rings. The van der Waals surface area contributed by atoms with Crippen LogP contribution in [0.25, 0.3) is 0 Å². The van der Waals surface area contributed by atoms with Crippen molar-refractivity contribution in [3.05, 3.63) is 100 Å². The van der Waals surface area contributed by atoms with E-state index >= 15 is 0 Å². The number of hydrogen-bond donors (Lipinski definition) is 0. The summed E-state index contributed by atoms with van der Waals surface area (Å²) in [4.78, 5) is 4.75. The zero-order valence-electron chi connectivity index (χ0n) is 22.4. The van der Waals surface area contributed by atoms with Gasteiger partial charge in [0.25, 0.3) is 0 Å². The summed E-state index contributed by atoms with van der Waals surface area (Å²) in [6.45, 7) is 8.41. The van der Waals surface area contributed by atoms with E-state index in [9.17, 15) is 0 Å². The third kappa shape index (κ3) is 3.94. The van der Waals surface area contributed by atoms with E-state index in [4.69, 9.17) is 21.4 Å². The van der Waals surface area contributed by atoms with Crippen LogP contribution >= 0.6 is 19.0 Å². The lowest BCUT2D eigenvalue weighted by Gasteiger charge is -2.44. The molecule has 196 valence electrons. The van der Waals surface area contributed by atoms with E-state index < -0.39 is 7.36 Å². The largest absolute Gasteiger partial charge is 0.346 e. The predicted octanol–water partition coefficient (Wildman–Crippen LogP) is 7.40. The van der Waals surface area contributed by atoms with Crippen LogP contribution in [-0.2, 0) is 5.41 Å². The first kappa shape index (κ1) is 25.4. The summed E-state index contributed by atoms with van der Waals surface area (Å²) in [5.41, 5.74) is 5.45. The highest BCUT2D eigenvalue weighted by Crippen LogP contribution is 2.71. The van der Waals surface area contributed by atoms with Crippen LogP contribution in [0.5, 0.6) is 0 Å². The third-order valence-electron chi connectivity index (χ3n) is 7.95. The summed E-state index contributed by atoms with van der Waals surface area (Å²) < 4.78 is 10.5. The van der Waals surface area contributed by atoms with Gasteiger partial charge in [-0.25, -0.2) is 14.2 Å². The van der Waals surface area contributed by atoms with Crippen LogP contribution < -0.4 is 9.68 Å². The van der Waals surface area contributed by atoms with Gasteiger partial charge < -0.3 is 9.80 Å². The van der Waals surface area contributed by atoms with E-state index in [1.54, 1.807) is 0 Å². The van der Waals surface area contributed by atoms with Gasteiger partial charge in [-0.15, -0.1) is 0 Å². The van der Waals surface area contributed by atoms with E-state index in [1.807, 2.05) is 30.3 Å². The highest BCUT2D eigenvalue weighted by Gasteiger charge is 2.50. The molecule has 6 rings (SSSR count). The van der Waals surface area contributed by atoms with Crippen LogP contribution in [0.2, 0.25) is 5.02 Å². The molecule has 6 nitrogen and oxygen atoms in total. The Kier molecular flexibility index (Phi) is 6.48. The average Bonchev–Trinajstić information content (AvgIpc) is 3.38. The Balaban J connectivity index is 1.69. The minimum absolute atomic E-state index is 0.215. The van der Waals surface area contributed by atoms with Gasteiger partial charge in [0.2, 0.25) is 0 Å². The summed E-state index contributed by atoms with van der Waals surface area (Å²) in [5.74, 6) is 0. The number of anilines is 2. The van der Waals surface area contributed by atoms with Gasteiger partial charge >= 0.3 is 0 Å². The summed E-state index contributed by atoms with van der Waals surface area (Å²) in [5, 5.41) is 7.00. The Morgan fingerprint density at radius 3 is 2.21 bits per heavy atom. The lowest BCUT2D eigenvalue weighted by atomic mass is 9.84. The topological polar surface area (TPSA) is 37.7 Å². The zero-order valence-corrected chi connectivity index (χ0v) is 24.1. The van der Waals surface area contributed by atoms with Crippen molar-refractivity contribution in [1.29, 1.82) is 0 Å².